The van der Waals surface area contributed by atoms with Crippen LogP contribution in [0.4, 0.5) is 5.82 Å². The standard InChI is InChI=1S/C11H11N5S2/c1-6-8-9(13-5-14-11(8)18-16-6)15-7(2)10-12-3-4-17-10/h3-5,7H,1-2H3,(H,13,14,15). The normalized spacial score (nSPS) is 12.8. The first-order valence-corrected chi connectivity index (χ1v) is 7.14. The van der Waals surface area contributed by atoms with Crippen molar-refractivity contribution in [2.24, 2.45) is 0 Å². The summed E-state index contributed by atoms with van der Waals surface area (Å²) in [6.45, 7) is 4.04. The van der Waals surface area contributed by atoms with E-state index in [0.717, 1.165) is 26.7 Å². The molecular weight excluding hydrogens is 266 g/mol. The molecule has 92 valence electrons. The molecule has 3 aromatic rings. The Labute approximate surface area is 112 Å². The van der Waals surface area contributed by atoms with Crippen LogP contribution in [0.5, 0.6) is 0 Å². The monoisotopic (exact) mass is 277 g/mol. The molecule has 3 rings (SSSR count). The Morgan fingerprint density at radius 3 is 2.94 bits per heavy atom. The highest BCUT2D eigenvalue weighted by atomic mass is 32.1. The van der Waals surface area contributed by atoms with Gasteiger partial charge in [0, 0.05) is 11.6 Å². The SMILES string of the molecule is Cc1nsc2ncnc(NC(C)c3nccs3)c12. The highest BCUT2D eigenvalue weighted by Gasteiger charge is 2.14. The first-order valence-electron chi connectivity index (χ1n) is 5.48. The number of aromatic nitrogens is 4. The van der Waals surface area contributed by atoms with Gasteiger partial charge in [-0.2, -0.15) is 4.37 Å². The zero-order valence-electron chi connectivity index (χ0n) is 9.91. The van der Waals surface area contributed by atoms with Crippen LogP contribution in [0.1, 0.15) is 23.7 Å². The van der Waals surface area contributed by atoms with Crippen molar-refractivity contribution in [3.8, 4) is 0 Å². The van der Waals surface area contributed by atoms with Crippen molar-refractivity contribution in [2.45, 2.75) is 19.9 Å². The molecule has 0 amide bonds. The lowest BCUT2D eigenvalue weighted by Gasteiger charge is -2.12. The van der Waals surface area contributed by atoms with E-state index in [0.29, 0.717) is 0 Å². The number of anilines is 1. The number of rotatable bonds is 3. The van der Waals surface area contributed by atoms with Crippen molar-refractivity contribution >= 4 is 38.9 Å². The van der Waals surface area contributed by atoms with E-state index in [2.05, 4.69) is 31.6 Å². The van der Waals surface area contributed by atoms with Crippen LogP contribution in [0.15, 0.2) is 17.9 Å². The van der Waals surface area contributed by atoms with Gasteiger partial charge in [0.05, 0.1) is 17.1 Å². The first kappa shape index (κ1) is 11.5. The molecule has 18 heavy (non-hydrogen) atoms. The average Bonchev–Trinajstić information content (AvgIpc) is 3.00. The summed E-state index contributed by atoms with van der Waals surface area (Å²) in [5, 5.41) is 7.40. The Bertz CT molecular complexity index is 661. The van der Waals surface area contributed by atoms with Gasteiger partial charge in [0.25, 0.3) is 0 Å². The minimum Gasteiger partial charge on any atom is -0.360 e. The molecule has 3 aromatic heterocycles. The lowest BCUT2D eigenvalue weighted by molar-refractivity contribution is 0.862. The Hall–Kier alpha value is -1.60. The van der Waals surface area contributed by atoms with Gasteiger partial charge in [-0.15, -0.1) is 11.3 Å². The van der Waals surface area contributed by atoms with Gasteiger partial charge >= 0.3 is 0 Å². The van der Waals surface area contributed by atoms with Gasteiger partial charge in [-0.1, -0.05) is 0 Å². The lowest BCUT2D eigenvalue weighted by Crippen LogP contribution is -2.08. The first-order chi connectivity index (χ1) is 8.75. The second-order valence-electron chi connectivity index (χ2n) is 3.91. The van der Waals surface area contributed by atoms with E-state index in [4.69, 9.17) is 0 Å². The van der Waals surface area contributed by atoms with Crippen LogP contribution < -0.4 is 5.32 Å². The van der Waals surface area contributed by atoms with Gasteiger partial charge in [-0.05, 0) is 25.4 Å². The van der Waals surface area contributed by atoms with Crippen LogP contribution in [0.3, 0.4) is 0 Å². The number of hydrogen-bond donors (Lipinski definition) is 1. The van der Waals surface area contributed by atoms with Crippen molar-refractivity contribution in [1.82, 2.24) is 19.3 Å². The number of nitrogens with zero attached hydrogens (tertiary/aromatic N) is 4. The fourth-order valence-corrected chi connectivity index (χ4v) is 3.14. The molecule has 1 atom stereocenters. The maximum absolute atomic E-state index is 4.31. The third-order valence-electron chi connectivity index (χ3n) is 2.62. The van der Waals surface area contributed by atoms with Crippen molar-refractivity contribution in [3.05, 3.63) is 28.6 Å². The molecular formula is C11H11N5S2. The van der Waals surface area contributed by atoms with Gasteiger partial charge in [0.2, 0.25) is 0 Å². The Balaban J connectivity index is 1.97. The quantitative estimate of drug-likeness (QED) is 0.797. The number of fused-ring (bicyclic) bond motifs is 1. The summed E-state index contributed by atoms with van der Waals surface area (Å²) in [5.41, 5.74) is 0.962. The number of hydrogen-bond acceptors (Lipinski definition) is 7. The molecule has 0 fully saturated rings. The molecule has 0 aromatic carbocycles. The zero-order valence-corrected chi connectivity index (χ0v) is 11.5. The molecule has 0 bridgehead atoms. The molecule has 0 aliphatic heterocycles. The van der Waals surface area contributed by atoms with Crippen LogP contribution in [-0.4, -0.2) is 19.3 Å². The molecule has 0 aliphatic carbocycles. The molecule has 0 saturated carbocycles. The summed E-state index contributed by atoms with van der Waals surface area (Å²) >= 11 is 3.03. The van der Waals surface area contributed by atoms with Crippen molar-refractivity contribution in [3.63, 3.8) is 0 Å². The molecule has 1 unspecified atom stereocenters. The van der Waals surface area contributed by atoms with Gasteiger partial charge in [0.1, 0.15) is 22.0 Å². The summed E-state index contributed by atoms with van der Waals surface area (Å²) in [7, 11) is 0. The maximum Gasteiger partial charge on any atom is 0.149 e. The Kier molecular flexibility index (Phi) is 2.92. The fraction of sp³-hybridized carbons (Fsp3) is 0.273. The van der Waals surface area contributed by atoms with Gasteiger partial charge in [-0.25, -0.2) is 15.0 Å². The van der Waals surface area contributed by atoms with E-state index in [1.807, 2.05) is 18.5 Å². The van der Waals surface area contributed by atoms with Crippen LogP contribution in [0, 0.1) is 6.92 Å². The third kappa shape index (κ3) is 1.95. The summed E-state index contributed by atoms with van der Waals surface area (Å²) < 4.78 is 4.31. The summed E-state index contributed by atoms with van der Waals surface area (Å²) in [4.78, 5) is 13.8. The molecule has 7 heteroatoms. The molecule has 0 aliphatic rings. The largest absolute Gasteiger partial charge is 0.360 e. The predicted octanol–water partition coefficient (Wildman–Crippen LogP) is 3.02. The molecule has 5 nitrogen and oxygen atoms in total. The van der Waals surface area contributed by atoms with E-state index >= 15 is 0 Å². The second-order valence-corrected chi connectivity index (χ2v) is 5.58. The number of thiazole rings is 1. The highest BCUT2D eigenvalue weighted by molar-refractivity contribution is 7.13. The topological polar surface area (TPSA) is 63.6 Å². The van der Waals surface area contributed by atoms with E-state index < -0.39 is 0 Å². The summed E-state index contributed by atoms with van der Waals surface area (Å²) in [5.74, 6) is 0.828. The molecule has 3 heterocycles. The third-order valence-corrected chi connectivity index (χ3v) is 4.42. The van der Waals surface area contributed by atoms with Gasteiger partial charge in [-0.3, -0.25) is 0 Å². The zero-order chi connectivity index (χ0) is 12.5. The smallest absolute Gasteiger partial charge is 0.149 e. The van der Waals surface area contributed by atoms with E-state index in [-0.39, 0.29) is 6.04 Å². The fourth-order valence-electron chi connectivity index (χ4n) is 1.75. The maximum atomic E-state index is 4.31. The number of aryl methyl sites for hydroxylation is 1. The molecule has 0 saturated heterocycles. The molecule has 1 N–H and O–H groups in total. The predicted molar refractivity (Wildman–Crippen MR) is 74.1 cm³/mol. The van der Waals surface area contributed by atoms with E-state index in [1.165, 1.54) is 11.5 Å². The van der Waals surface area contributed by atoms with Crippen LogP contribution in [-0.2, 0) is 0 Å². The van der Waals surface area contributed by atoms with Crippen LogP contribution in [0.25, 0.3) is 10.2 Å². The van der Waals surface area contributed by atoms with Crippen LogP contribution in [0.2, 0.25) is 0 Å². The average molecular weight is 277 g/mol. The minimum atomic E-state index is 0.127. The second kappa shape index (κ2) is 4.58. The van der Waals surface area contributed by atoms with Crippen LogP contribution >= 0.6 is 22.9 Å². The highest BCUT2D eigenvalue weighted by Crippen LogP contribution is 2.28. The molecule has 0 radical (unpaired) electrons. The van der Waals surface area contributed by atoms with Crippen molar-refractivity contribution < 1.29 is 0 Å². The van der Waals surface area contributed by atoms with Crippen molar-refractivity contribution in [2.75, 3.05) is 5.32 Å². The Morgan fingerprint density at radius 2 is 2.17 bits per heavy atom. The lowest BCUT2D eigenvalue weighted by atomic mass is 10.3. The van der Waals surface area contributed by atoms with E-state index in [9.17, 15) is 0 Å². The number of nitrogens with one attached hydrogen (secondary N) is 1. The summed E-state index contributed by atoms with van der Waals surface area (Å²) in [6, 6.07) is 0.127. The minimum absolute atomic E-state index is 0.127. The van der Waals surface area contributed by atoms with Gasteiger partial charge in [0.15, 0.2) is 0 Å². The Morgan fingerprint density at radius 1 is 1.28 bits per heavy atom. The summed E-state index contributed by atoms with van der Waals surface area (Å²) in [6.07, 6.45) is 3.38. The van der Waals surface area contributed by atoms with E-state index in [1.54, 1.807) is 17.7 Å². The van der Waals surface area contributed by atoms with Gasteiger partial charge < -0.3 is 5.32 Å². The van der Waals surface area contributed by atoms with Crippen molar-refractivity contribution in [1.29, 1.82) is 0 Å². The molecule has 0 spiro atoms.